The maximum absolute atomic E-state index is 6.59. The van der Waals surface area contributed by atoms with Crippen LogP contribution in [0.25, 0.3) is 93.9 Å². The van der Waals surface area contributed by atoms with Crippen molar-refractivity contribution in [3.63, 3.8) is 0 Å². The van der Waals surface area contributed by atoms with Gasteiger partial charge in [0.05, 0.1) is 22.4 Å². The van der Waals surface area contributed by atoms with E-state index < -0.39 is 0 Å². The van der Waals surface area contributed by atoms with Crippen LogP contribution in [0, 0.1) is 0 Å². The Morgan fingerprint density at radius 1 is 0.317 bits per heavy atom. The largest absolute Gasteiger partial charge is 0.455 e. The predicted molar refractivity (Wildman–Crippen MR) is 264 cm³/mol. The van der Waals surface area contributed by atoms with Gasteiger partial charge in [-0.3, -0.25) is 0 Å². The van der Waals surface area contributed by atoms with Crippen molar-refractivity contribution in [3.05, 3.63) is 243 Å². The molecule has 3 nitrogen and oxygen atoms in total. The smallest absolute Gasteiger partial charge is 0.143 e. The summed E-state index contributed by atoms with van der Waals surface area (Å²) in [6.07, 6.45) is 0. The molecule has 2 heterocycles. The number of hydrogen-bond donors (Lipinski definition) is 0. The highest BCUT2D eigenvalue weighted by Crippen LogP contribution is 2.46. The molecule has 296 valence electrons. The van der Waals surface area contributed by atoms with E-state index in [1.807, 2.05) is 12.1 Å². The highest BCUT2D eigenvalue weighted by molar-refractivity contribution is 6.11. The van der Waals surface area contributed by atoms with E-state index in [2.05, 4.69) is 240 Å². The Morgan fingerprint density at radius 3 is 1.51 bits per heavy atom. The van der Waals surface area contributed by atoms with Gasteiger partial charge >= 0.3 is 0 Å². The zero-order chi connectivity index (χ0) is 41.7. The number of fused-ring (bicyclic) bond motifs is 6. The molecule has 0 radical (unpaired) electrons. The summed E-state index contributed by atoms with van der Waals surface area (Å²) in [5.74, 6) is 0. The molecule has 63 heavy (non-hydrogen) atoms. The van der Waals surface area contributed by atoms with E-state index in [1.165, 1.54) is 38.5 Å². The first kappa shape index (κ1) is 36.5. The number of rotatable bonds is 8. The molecule has 12 aromatic rings. The fourth-order valence-corrected chi connectivity index (χ4v) is 9.61. The zero-order valence-corrected chi connectivity index (χ0v) is 34.4. The van der Waals surface area contributed by atoms with E-state index in [0.29, 0.717) is 0 Å². The number of benzene rings is 10. The molecular weight excluding hydrogens is 765 g/mol. The Hall–Kier alpha value is -8.40. The summed E-state index contributed by atoms with van der Waals surface area (Å²) >= 11 is 0. The zero-order valence-electron chi connectivity index (χ0n) is 34.4. The van der Waals surface area contributed by atoms with Crippen molar-refractivity contribution in [2.75, 3.05) is 4.90 Å². The lowest BCUT2D eigenvalue weighted by Gasteiger charge is -2.29. The first-order valence-electron chi connectivity index (χ1n) is 21.5. The lowest BCUT2D eigenvalue weighted by atomic mass is 9.94. The second kappa shape index (κ2) is 15.3. The van der Waals surface area contributed by atoms with Crippen LogP contribution in [0.4, 0.5) is 17.1 Å². The number of hydrogen-bond acceptors (Lipinski definition) is 2. The topological polar surface area (TPSA) is 21.3 Å². The summed E-state index contributed by atoms with van der Waals surface area (Å²) in [6.45, 7) is 0. The molecule has 0 atom stereocenters. The first-order chi connectivity index (χ1) is 31.3. The maximum atomic E-state index is 6.59. The fourth-order valence-electron chi connectivity index (χ4n) is 9.61. The van der Waals surface area contributed by atoms with Crippen molar-refractivity contribution >= 4 is 60.8 Å². The normalized spacial score (nSPS) is 11.5. The van der Waals surface area contributed by atoms with Crippen LogP contribution >= 0.6 is 0 Å². The average molecular weight is 805 g/mol. The Labute approximate surface area is 366 Å². The SMILES string of the molecule is c1ccc(-c2ccccc2-c2cccc(N(c3cccc(-c4cccc5c4oc4ccccc45)c3)c3ccccc3-c3ccccc3-n3c4ccccc4c4ccccc43)c2)cc1. The summed E-state index contributed by atoms with van der Waals surface area (Å²) in [6, 6.07) is 87.2. The van der Waals surface area contributed by atoms with Gasteiger partial charge < -0.3 is 13.9 Å². The molecule has 0 spiro atoms. The maximum Gasteiger partial charge on any atom is 0.143 e. The van der Waals surface area contributed by atoms with Gasteiger partial charge in [0.1, 0.15) is 11.2 Å². The highest BCUT2D eigenvalue weighted by atomic mass is 16.3. The molecule has 0 saturated heterocycles. The minimum atomic E-state index is 0.890. The third-order valence-electron chi connectivity index (χ3n) is 12.4. The summed E-state index contributed by atoms with van der Waals surface area (Å²) in [7, 11) is 0. The van der Waals surface area contributed by atoms with Crippen LogP contribution in [0.2, 0.25) is 0 Å². The van der Waals surface area contributed by atoms with Gasteiger partial charge in [0.15, 0.2) is 0 Å². The Morgan fingerprint density at radius 2 is 0.794 bits per heavy atom. The molecule has 0 N–H and O–H groups in total. The second-order valence-electron chi connectivity index (χ2n) is 16.0. The van der Waals surface area contributed by atoms with Crippen LogP contribution in [0.15, 0.2) is 247 Å². The molecule has 12 rings (SSSR count). The van der Waals surface area contributed by atoms with Gasteiger partial charge in [-0.2, -0.15) is 0 Å². The standard InChI is InChI=1S/C60H40N2O/c1-2-19-41(20-3-1)46-25-4-5-26-47(46)42-21-16-23-44(39-42)61(45-24-17-22-43(40-45)48-32-18-33-54-53-31-10-15-38-59(53)63-60(48)54)55-34-11-6-27-49(55)50-28-7-12-35-56(50)62-57-36-13-8-29-51(57)52-30-9-14-37-58(52)62/h1-40H. The van der Waals surface area contributed by atoms with Gasteiger partial charge in [-0.25, -0.2) is 0 Å². The van der Waals surface area contributed by atoms with E-state index in [1.54, 1.807) is 0 Å². The Bertz CT molecular complexity index is 3600. The van der Waals surface area contributed by atoms with Crippen LogP contribution in [0.5, 0.6) is 0 Å². The minimum absolute atomic E-state index is 0.890. The molecule has 10 aromatic carbocycles. The van der Waals surface area contributed by atoms with E-state index in [9.17, 15) is 0 Å². The molecule has 0 fully saturated rings. The Balaban J connectivity index is 1.09. The predicted octanol–water partition coefficient (Wildman–Crippen LogP) is 16.8. The molecular formula is C60H40N2O. The van der Waals surface area contributed by atoms with Crippen molar-refractivity contribution in [1.82, 2.24) is 4.57 Å². The average Bonchev–Trinajstić information content (AvgIpc) is 3.91. The molecule has 3 heteroatoms. The number of nitrogens with zero attached hydrogens (tertiary/aromatic N) is 2. The second-order valence-corrected chi connectivity index (χ2v) is 16.0. The lowest BCUT2D eigenvalue weighted by Crippen LogP contribution is -2.12. The van der Waals surface area contributed by atoms with Crippen molar-refractivity contribution < 1.29 is 4.42 Å². The van der Waals surface area contributed by atoms with Crippen LogP contribution in [0.3, 0.4) is 0 Å². The molecule has 0 aliphatic rings. The molecule has 0 aliphatic heterocycles. The third kappa shape index (κ3) is 6.21. The number of para-hydroxylation sites is 6. The summed E-state index contributed by atoms with van der Waals surface area (Å²) in [5.41, 5.74) is 17.5. The van der Waals surface area contributed by atoms with E-state index in [-0.39, 0.29) is 0 Å². The summed E-state index contributed by atoms with van der Waals surface area (Å²) in [5, 5.41) is 4.71. The van der Waals surface area contributed by atoms with Gasteiger partial charge in [0.2, 0.25) is 0 Å². The molecule has 0 bridgehead atoms. The summed E-state index contributed by atoms with van der Waals surface area (Å²) < 4.78 is 9.02. The van der Waals surface area contributed by atoms with Crippen molar-refractivity contribution in [2.45, 2.75) is 0 Å². The summed E-state index contributed by atoms with van der Waals surface area (Å²) in [4.78, 5) is 2.43. The van der Waals surface area contributed by atoms with Crippen LogP contribution in [-0.2, 0) is 0 Å². The van der Waals surface area contributed by atoms with E-state index >= 15 is 0 Å². The number of furan rings is 1. The number of aromatic nitrogens is 1. The van der Waals surface area contributed by atoms with Crippen molar-refractivity contribution in [2.24, 2.45) is 0 Å². The van der Waals surface area contributed by atoms with Gasteiger partial charge in [-0.1, -0.05) is 188 Å². The van der Waals surface area contributed by atoms with Crippen LogP contribution in [0.1, 0.15) is 0 Å². The molecule has 2 aromatic heterocycles. The van der Waals surface area contributed by atoms with E-state index in [4.69, 9.17) is 4.42 Å². The minimum Gasteiger partial charge on any atom is -0.455 e. The number of anilines is 3. The molecule has 0 unspecified atom stereocenters. The van der Waals surface area contributed by atoms with Gasteiger partial charge in [-0.15, -0.1) is 0 Å². The first-order valence-corrected chi connectivity index (χ1v) is 21.5. The third-order valence-corrected chi connectivity index (χ3v) is 12.4. The van der Waals surface area contributed by atoms with Gasteiger partial charge in [0.25, 0.3) is 0 Å². The quantitative estimate of drug-likeness (QED) is 0.153. The van der Waals surface area contributed by atoms with Gasteiger partial charge in [-0.05, 0) is 82.4 Å². The van der Waals surface area contributed by atoms with Crippen molar-refractivity contribution in [3.8, 4) is 50.2 Å². The Kier molecular flexibility index (Phi) is 8.83. The molecule has 0 amide bonds. The van der Waals surface area contributed by atoms with Crippen LogP contribution in [-0.4, -0.2) is 4.57 Å². The van der Waals surface area contributed by atoms with Gasteiger partial charge in [0, 0.05) is 49.6 Å². The lowest BCUT2D eigenvalue weighted by molar-refractivity contribution is 0.670. The van der Waals surface area contributed by atoms with Crippen LogP contribution < -0.4 is 4.90 Å². The highest BCUT2D eigenvalue weighted by Gasteiger charge is 2.23. The van der Waals surface area contributed by atoms with E-state index in [0.717, 1.165) is 72.5 Å². The fraction of sp³-hybridized carbons (Fsp3) is 0. The molecule has 0 aliphatic carbocycles. The van der Waals surface area contributed by atoms with Crippen molar-refractivity contribution in [1.29, 1.82) is 0 Å². The molecule has 0 saturated carbocycles. The monoisotopic (exact) mass is 804 g/mol.